The van der Waals surface area contributed by atoms with Crippen LogP contribution in [-0.2, 0) is 15.2 Å². The van der Waals surface area contributed by atoms with Gasteiger partial charge in [-0.15, -0.1) is 0 Å². The Balaban J connectivity index is 2.41. The zero-order valence-corrected chi connectivity index (χ0v) is 12.3. The van der Waals surface area contributed by atoms with Crippen molar-refractivity contribution in [3.8, 4) is 5.75 Å². The molecule has 0 bridgehead atoms. The Kier molecular flexibility index (Phi) is 5.98. The third kappa shape index (κ3) is 5.08. The van der Waals surface area contributed by atoms with E-state index in [-0.39, 0.29) is 11.5 Å². The van der Waals surface area contributed by atoms with E-state index in [0.717, 1.165) is 16.6 Å². The summed E-state index contributed by atoms with van der Waals surface area (Å²) in [4.78, 5) is 0. The quantitative estimate of drug-likeness (QED) is 0.573. The fourth-order valence-corrected chi connectivity index (χ4v) is 2.67. The van der Waals surface area contributed by atoms with Gasteiger partial charge in [0.15, 0.2) is 0 Å². The molecule has 0 heterocycles. The van der Waals surface area contributed by atoms with Crippen molar-refractivity contribution in [3.63, 3.8) is 0 Å². The van der Waals surface area contributed by atoms with E-state index in [1.807, 2.05) is 24.3 Å². The third-order valence-corrected chi connectivity index (χ3v) is 4.81. The summed E-state index contributed by atoms with van der Waals surface area (Å²) in [6.07, 6.45) is 0.535. The largest absolute Gasteiger partial charge is 0.493 e. The smallest absolute Gasteiger partial charge is 0.150 e. The lowest BCUT2D eigenvalue weighted by Gasteiger charge is -2.09. The molecule has 0 amide bonds. The molecule has 0 aliphatic rings. The molecule has 0 saturated heterocycles. The molecular formula is C12H17BrO3S. The number of benzene rings is 1. The molecule has 96 valence electrons. The maximum atomic E-state index is 11.3. The highest BCUT2D eigenvalue weighted by molar-refractivity contribution is 9.08. The van der Waals surface area contributed by atoms with Crippen LogP contribution >= 0.6 is 15.9 Å². The first-order chi connectivity index (χ1) is 8.09. The monoisotopic (exact) mass is 320 g/mol. The van der Waals surface area contributed by atoms with Crippen molar-refractivity contribution in [3.05, 3.63) is 29.8 Å². The van der Waals surface area contributed by atoms with Gasteiger partial charge in [-0.05, 0) is 12.5 Å². The predicted molar refractivity (Wildman–Crippen MR) is 73.5 cm³/mol. The average Bonchev–Trinajstić information content (AvgIpc) is 2.35. The van der Waals surface area contributed by atoms with Gasteiger partial charge < -0.3 is 4.74 Å². The van der Waals surface area contributed by atoms with Crippen LogP contribution in [0.2, 0.25) is 0 Å². The zero-order valence-electron chi connectivity index (χ0n) is 9.86. The number of rotatable bonds is 7. The normalized spacial score (nSPS) is 11.4. The van der Waals surface area contributed by atoms with E-state index < -0.39 is 9.84 Å². The number of alkyl halides is 1. The van der Waals surface area contributed by atoms with Gasteiger partial charge in [-0.1, -0.05) is 41.1 Å². The topological polar surface area (TPSA) is 43.4 Å². The van der Waals surface area contributed by atoms with Crippen LogP contribution in [0.5, 0.6) is 5.75 Å². The number of para-hydroxylation sites is 1. The molecule has 0 spiro atoms. The summed E-state index contributed by atoms with van der Waals surface area (Å²) in [5, 5.41) is 0.733. The molecule has 0 aliphatic carbocycles. The average molecular weight is 321 g/mol. The number of sulfone groups is 1. The maximum Gasteiger partial charge on any atom is 0.150 e. The van der Waals surface area contributed by atoms with Gasteiger partial charge >= 0.3 is 0 Å². The van der Waals surface area contributed by atoms with Crippen molar-refractivity contribution >= 4 is 25.8 Å². The molecule has 0 aromatic heterocycles. The van der Waals surface area contributed by atoms with Crippen LogP contribution in [0.4, 0.5) is 0 Å². The molecule has 17 heavy (non-hydrogen) atoms. The van der Waals surface area contributed by atoms with E-state index in [4.69, 9.17) is 4.74 Å². The van der Waals surface area contributed by atoms with Gasteiger partial charge in [0, 0.05) is 16.6 Å². The SMILES string of the molecule is CCS(=O)(=O)CCCOc1ccccc1CBr. The van der Waals surface area contributed by atoms with Gasteiger partial charge in [-0.2, -0.15) is 0 Å². The summed E-state index contributed by atoms with van der Waals surface area (Å²) in [7, 11) is -2.88. The predicted octanol–water partition coefficient (Wildman–Crippen LogP) is 2.79. The molecule has 1 aromatic rings. The molecule has 0 unspecified atom stereocenters. The molecule has 0 atom stereocenters. The van der Waals surface area contributed by atoms with E-state index >= 15 is 0 Å². The standard InChI is InChI=1S/C12H17BrO3S/c1-2-17(14,15)9-5-8-16-12-7-4-3-6-11(12)10-13/h3-4,6-7H,2,5,8-10H2,1H3. The third-order valence-electron chi connectivity index (χ3n) is 2.41. The van der Waals surface area contributed by atoms with Gasteiger partial charge in [-0.25, -0.2) is 8.42 Å². The first kappa shape index (κ1) is 14.5. The second-order valence-electron chi connectivity index (χ2n) is 3.68. The van der Waals surface area contributed by atoms with Crippen LogP contribution in [0.25, 0.3) is 0 Å². The van der Waals surface area contributed by atoms with Crippen molar-refractivity contribution < 1.29 is 13.2 Å². The zero-order chi connectivity index (χ0) is 12.7. The summed E-state index contributed by atoms with van der Waals surface area (Å²) < 4.78 is 28.1. The highest BCUT2D eigenvalue weighted by Crippen LogP contribution is 2.20. The number of hydrogen-bond donors (Lipinski definition) is 0. The highest BCUT2D eigenvalue weighted by Gasteiger charge is 2.07. The maximum absolute atomic E-state index is 11.3. The van der Waals surface area contributed by atoms with Gasteiger partial charge in [0.2, 0.25) is 0 Å². The van der Waals surface area contributed by atoms with Gasteiger partial charge in [0.05, 0.1) is 12.4 Å². The fraction of sp³-hybridized carbons (Fsp3) is 0.500. The minimum atomic E-state index is -2.88. The lowest BCUT2D eigenvalue weighted by Crippen LogP contribution is -2.12. The van der Waals surface area contributed by atoms with Crippen molar-refractivity contribution in [1.82, 2.24) is 0 Å². The Morgan fingerprint density at radius 3 is 2.65 bits per heavy atom. The van der Waals surface area contributed by atoms with Crippen molar-refractivity contribution in [2.75, 3.05) is 18.1 Å². The fourth-order valence-electron chi connectivity index (χ4n) is 1.36. The Labute approximate surface area is 111 Å². The van der Waals surface area contributed by atoms with E-state index in [9.17, 15) is 8.42 Å². The minimum Gasteiger partial charge on any atom is -0.493 e. The van der Waals surface area contributed by atoms with Gasteiger partial charge in [-0.3, -0.25) is 0 Å². The second kappa shape index (κ2) is 7.01. The van der Waals surface area contributed by atoms with Crippen LogP contribution in [-0.4, -0.2) is 26.5 Å². The second-order valence-corrected chi connectivity index (χ2v) is 6.71. The minimum absolute atomic E-state index is 0.194. The summed E-state index contributed by atoms with van der Waals surface area (Å²) in [6.45, 7) is 2.10. The number of halogens is 1. The van der Waals surface area contributed by atoms with Crippen LogP contribution in [0, 0.1) is 0 Å². The van der Waals surface area contributed by atoms with E-state index in [1.54, 1.807) is 6.92 Å². The molecule has 0 fully saturated rings. The molecule has 0 aliphatic heterocycles. The molecule has 1 rings (SSSR count). The Hall–Kier alpha value is -0.550. The van der Waals surface area contributed by atoms with Crippen LogP contribution < -0.4 is 4.74 Å². The Morgan fingerprint density at radius 2 is 2.00 bits per heavy atom. The first-order valence-corrected chi connectivity index (χ1v) is 8.50. The highest BCUT2D eigenvalue weighted by atomic mass is 79.9. The van der Waals surface area contributed by atoms with E-state index in [1.165, 1.54) is 0 Å². The Bertz CT molecular complexity index is 443. The lowest BCUT2D eigenvalue weighted by molar-refractivity contribution is 0.315. The molecule has 0 radical (unpaired) electrons. The van der Waals surface area contributed by atoms with Crippen LogP contribution in [0.1, 0.15) is 18.9 Å². The molecule has 3 nitrogen and oxygen atoms in total. The molecular weight excluding hydrogens is 304 g/mol. The van der Waals surface area contributed by atoms with Crippen molar-refractivity contribution in [2.24, 2.45) is 0 Å². The molecule has 0 saturated carbocycles. The van der Waals surface area contributed by atoms with Gasteiger partial charge in [0.1, 0.15) is 15.6 Å². The lowest BCUT2D eigenvalue weighted by atomic mass is 10.2. The summed E-state index contributed by atoms with van der Waals surface area (Å²) >= 11 is 3.38. The number of ether oxygens (including phenoxy) is 1. The first-order valence-electron chi connectivity index (χ1n) is 5.56. The molecule has 0 N–H and O–H groups in total. The molecule has 1 aromatic carbocycles. The van der Waals surface area contributed by atoms with E-state index in [0.29, 0.717) is 13.0 Å². The van der Waals surface area contributed by atoms with Crippen LogP contribution in [0.3, 0.4) is 0 Å². The summed E-state index contributed by atoms with van der Waals surface area (Å²) in [5.41, 5.74) is 1.07. The van der Waals surface area contributed by atoms with Gasteiger partial charge in [0.25, 0.3) is 0 Å². The van der Waals surface area contributed by atoms with Crippen molar-refractivity contribution in [1.29, 1.82) is 0 Å². The summed E-state index contributed by atoms with van der Waals surface area (Å²) in [6, 6.07) is 7.73. The van der Waals surface area contributed by atoms with Crippen LogP contribution in [0.15, 0.2) is 24.3 Å². The Morgan fingerprint density at radius 1 is 1.29 bits per heavy atom. The number of hydrogen-bond acceptors (Lipinski definition) is 3. The van der Waals surface area contributed by atoms with E-state index in [2.05, 4.69) is 15.9 Å². The molecule has 5 heteroatoms. The van der Waals surface area contributed by atoms with Crippen molar-refractivity contribution in [2.45, 2.75) is 18.7 Å². The summed E-state index contributed by atoms with van der Waals surface area (Å²) in [5.74, 6) is 1.21.